The van der Waals surface area contributed by atoms with E-state index in [1.807, 2.05) is 0 Å². The summed E-state index contributed by atoms with van der Waals surface area (Å²) >= 11 is 0. The lowest BCUT2D eigenvalue weighted by molar-refractivity contribution is 0.252. The Labute approximate surface area is 68.6 Å². The second-order valence-corrected chi connectivity index (χ2v) is 2.53. The molecule has 0 bridgehead atoms. The molecule has 0 saturated heterocycles. The van der Waals surface area contributed by atoms with Gasteiger partial charge in [-0.15, -0.1) is 0 Å². The van der Waals surface area contributed by atoms with Crippen molar-refractivity contribution in [1.82, 2.24) is 4.98 Å². The van der Waals surface area contributed by atoms with Gasteiger partial charge in [0.15, 0.2) is 0 Å². The summed E-state index contributed by atoms with van der Waals surface area (Å²) in [5.74, 6) is -0.413. The fraction of sp³-hybridized carbons (Fsp3) is 0.125. The standard InChI is InChI=1S/C8H7FN2O/c9-5-3-7-6(10-4-5)1-2-8(12)11-7/h1-4,8,11-12H. The molecule has 1 unspecified atom stereocenters. The summed E-state index contributed by atoms with van der Waals surface area (Å²) in [6, 6.07) is 1.30. The molecular weight excluding hydrogens is 159 g/mol. The summed E-state index contributed by atoms with van der Waals surface area (Å²) in [6.45, 7) is 0. The topological polar surface area (TPSA) is 45.2 Å². The van der Waals surface area contributed by atoms with E-state index < -0.39 is 12.0 Å². The quantitative estimate of drug-likeness (QED) is 0.603. The smallest absolute Gasteiger partial charge is 0.144 e. The molecule has 0 aliphatic carbocycles. The van der Waals surface area contributed by atoms with Crippen LogP contribution >= 0.6 is 0 Å². The molecule has 1 aliphatic heterocycles. The predicted octanol–water partition coefficient (Wildman–Crippen LogP) is 0.978. The fourth-order valence-corrected chi connectivity index (χ4v) is 1.09. The first-order valence-corrected chi connectivity index (χ1v) is 3.54. The molecule has 0 amide bonds. The largest absolute Gasteiger partial charge is 0.370 e. The molecule has 0 radical (unpaired) electrons. The summed E-state index contributed by atoms with van der Waals surface area (Å²) in [7, 11) is 0. The minimum absolute atomic E-state index is 0.413. The number of hydrogen-bond donors (Lipinski definition) is 2. The van der Waals surface area contributed by atoms with E-state index in [1.54, 1.807) is 12.2 Å². The maximum absolute atomic E-state index is 12.6. The van der Waals surface area contributed by atoms with Crippen LogP contribution in [0.15, 0.2) is 18.3 Å². The molecule has 1 aliphatic rings. The Hall–Kier alpha value is -1.42. The lowest BCUT2D eigenvalue weighted by Crippen LogP contribution is -2.19. The third-order valence-corrected chi connectivity index (χ3v) is 1.62. The van der Waals surface area contributed by atoms with Crippen LogP contribution in [-0.4, -0.2) is 16.3 Å². The summed E-state index contributed by atoms with van der Waals surface area (Å²) in [6.07, 6.45) is 3.59. The van der Waals surface area contributed by atoms with Crippen LogP contribution in [0.3, 0.4) is 0 Å². The van der Waals surface area contributed by atoms with Gasteiger partial charge in [0, 0.05) is 6.07 Å². The number of aliphatic hydroxyl groups excluding tert-OH is 1. The SMILES string of the molecule is OC1C=Cc2ncc(F)cc2N1. The van der Waals surface area contributed by atoms with E-state index in [-0.39, 0.29) is 0 Å². The van der Waals surface area contributed by atoms with Crippen molar-refractivity contribution in [1.29, 1.82) is 0 Å². The van der Waals surface area contributed by atoms with E-state index in [1.165, 1.54) is 6.07 Å². The summed E-state index contributed by atoms with van der Waals surface area (Å²) in [5, 5.41) is 11.8. The van der Waals surface area contributed by atoms with Gasteiger partial charge in [0.05, 0.1) is 17.6 Å². The molecule has 1 aromatic heterocycles. The number of aromatic nitrogens is 1. The fourth-order valence-electron chi connectivity index (χ4n) is 1.09. The van der Waals surface area contributed by atoms with Gasteiger partial charge in [-0.05, 0) is 12.2 Å². The number of nitrogens with zero attached hydrogens (tertiary/aromatic N) is 1. The zero-order valence-corrected chi connectivity index (χ0v) is 6.16. The van der Waals surface area contributed by atoms with Gasteiger partial charge in [-0.1, -0.05) is 0 Å². The lowest BCUT2D eigenvalue weighted by atomic mass is 10.2. The Kier molecular flexibility index (Phi) is 1.55. The third kappa shape index (κ3) is 1.16. The van der Waals surface area contributed by atoms with Gasteiger partial charge in [-0.3, -0.25) is 4.98 Å². The first kappa shape index (κ1) is 7.24. The van der Waals surface area contributed by atoms with E-state index in [4.69, 9.17) is 5.11 Å². The third-order valence-electron chi connectivity index (χ3n) is 1.62. The molecule has 62 valence electrons. The number of hydrogen-bond acceptors (Lipinski definition) is 3. The Morgan fingerprint density at radius 2 is 2.42 bits per heavy atom. The average molecular weight is 166 g/mol. The molecule has 0 fully saturated rings. The van der Waals surface area contributed by atoms with Gasteiger partial charge in [-0.25, -0.2) is 4.39 Å². The molecule has 3 nitrogen and oxygen atoms in total. The number of aliphatic hydroxyl groups is 1. The van der Waals surface area contributed by atoms with Gasteiger partial charge in [0.2, 0.25) is 0 Å². The van der Waals surface area contributed by atoms with E-state index in [0.29, 0.717) is 11.4 Å². The molecule has 12 heavy (non-hydrogen) atoms. The molecule has 1 aromatic rings. The molecule has 2 heterocycles. The van der Waals surface area contributed by atoms with Crippen molar-refractivity contribution in [3.63, 3.8) is 0 Å². The molecule has 0 aromatic carbocycles. The summed E-state index contributed by atoms with van der Waals surface area (Å²) < 4.78 is 12.6. The number of anilines is 1. The van der Waals surface area contributed by atoms with Crippen LogP contribution in [0.5, 0.6) is 0 Å². The van der Waals surface area contributed by atoms with Crippen LogP contribution in [0, 0.1) is 5.82 Å². The Morgan fingerprint density at radius 3 is 3.25 bits per heavy atom. The van der Waals surface area contributed by atoms with Crippen LogP contribution in [0.25, 0.3) is 6.08 Å². The van der Waals surface area contributed by atoms with Gasteiger partial charge >= 0.3 is 0 Å². The van der Waals surface area contributed by atoms with Gasteiger partial charge in [-0.2, -0.15) is 0 Å². The maximum Gasteiger partial charge on any atom is 0.144 e. The van der Waals surface area contributed by atoms with Crippen LogP contribution < -0.4 is 5.32 Å². The minimum Gasteiger partial charge on any atom is -0.370 e. The molecule has 1 atom stereocenters. The Morgan fingerprint density at radius 1 is 1.58 bits per heavy atom. The van der Waals surface area contributed by atoms with Crippen LogP contribution in [-0.2, 0) is 0 Å². The van der Waals surface area contributed by atoms with Crippen molar-refractivity contribution in [3.05, 3.63) is 29.9 Å². The maximum atomic E-state index is 12.6. The Bertz CT molecular complexity index is 338. The number of fused-ring (bicyclic) bond motifs is 1. The molecule has 2 N–H and O–H groups in total. The van der Waals surface area contributed by atoms with Gasteiger partial charge in [0.25, 0.3) is 0 Å². The highest BCUT2D eigenvalue weighted by Gasteiger charge is 2.10. The van der Waals surface area contributed by atoms with Crippen molar-refractivity contribution in [2.24, 2.45) is 0 Å². The van der Waals surface area contributed by atoms with E-state index in [2.05, 4.69) is 10.3 Å². The van der Waals surface area contributed by atoms with E-state index in [0.717, 1.165) is 6.20 Å². The average Bonchev–Trinajstić information content (AvgIpc) is 2.03. The molecular formula is C8H7FN2O. The molecule has 0 spiro atoms. The molecule has 4 heteroatoms. The van der Waals surface area contributed by atoms with Gasteiger partial charge < -0.3 is 10.4 Å². The Balaban J connectivity index is 2.47. The van der Waals surface area contributed by atoms with Gasteiger partial charge in [0.1, 0.15) is 12.0 Å². The highest BCUT2D eigenvalue weighted by Crippen LogP contribution is 2.20. The van der Waals surface area contributed by atoms with Crippen molar-refractivity contribution < 1.29 is 9.50 Å². The van der Waals surface area contributed by atoms with E-state index in [9.17, 15) is 4.39 Å². The predicted molar refractivity (Wildman–Crippen MR) is 42.9 cm³/mol. The van der Waals surface area contributed by atoms with Crippen LogP contribution in [0.4, 0.5) is 10.1 Å². The number of nitrogens with one attached hydrogen (secondary N) is 1. The normalized spacial score (nSPS) is 20.0. The first-order chi connectivity index (χ1) is 5.75. The van der Waals surface area contributed by atoms with Crippen LogP contribution in [0.1, 0.15) is 5.69 Å². The lowest BCUT2D eigenvalue weighted by Gasteiger charge is -2.16. The molecule has 2 rings (SSSR count). The number of pyridine rings is 1. The van der Waals surface area contributed by atoms with Crippen molar-refractivity contribution in [2.45, 2.75) is 6.23 Å². The van der Waals surface area contributed by atoms with E-state index >= 15 is 0 Å². The summed E-state index contributed by atoms with van der Waals surface area (Å²) in [4.78, 5) is 3.82. The highest BCUT2D eigenvalue weighted by molar-refractivity contribution is 5.67. The first-order valence-electron chi connectivity index (χ1n) is 3.54. The van der Waals surface area contributed by atoms with Crippen molar-refractivity contribution >= 4 is 11.8 Å². The monoisotopic (exact) mass is 166 g/mol. The number of rotatable bonds is 0. The second-order valence-electron chi connectivity index (χ2n) is 2.53. The number of halogens is 1. The highest BCUT2D eigenvalue weighted by atomic mass is 19.1. The molecule has 0 saturated carbocycles. The second kappa shape index (κ2) is 2.57. The minimum atomic E-state index is -0.749. The zero-order valence-electron chi connectivity index (χ0n) is 6.16. The summed E-state index contributed by atoms with van der Waals surface area (Å²) in [5.41, 5.74) is 1.16. The van der Waals surface area contributed by atoms with Crippen LogP contribution in [0.2, 0.25) is 0 Å². The van der Waals surface area contributed by atoms with Crippen molar-refractivity contribution in [2.75, 3.05) is 5.32 Å². The zero-order chi connectivity index (χ0) is 8.55. The van der Waals surface area contributed by atoms with Crippen molar-refractivity contribution in [3.8, 4) is 0 Å².